The predicted molar refractivity (Wildman–Crippen MR) is 74.5 cm³/mol. The van der Waals surface area contributed by atoms with Crippen LogP contribution in [0.4, 0.5) is 0 Å². The molecule has 0 radical (unpaired) electrons. The molecular weight excluding hydrogens is 290 g/mol. The van der Waals surface area contributed by atoms with Crippen LogP contribution in [-0.2, 0) is 19.0 Å². The number of carbonyl (C=O) groups excluding carboxylic acids is 1. The lowest BCUT2D eigenvalue weighted by Gasteiger charge is -2.46. The second-order valence-electron chi connectivity index (χ2n) is 5.46. The number of nitrogens with one attached hydrogen (secondary N) is 1. The van der Waals surface area contributed by atoms with Crippen molar-refractivity contribution >= 4 is 5.91 Å². The van der Waals surface area contributed by atoms with E-state index in [0.29, 0.717) is 0 Å². The van der Waals surface area contributed by atoms with Crippen LogP contribution < -0.4 is 5.32 Å². The Labute approximate surface area is 127 Å². The minimum atomic E-state index is -1.30. The Bertz CT molecular complexity index is 524. The number of aliphatic hydroxyl groups excluding tert-OH is 2. The molecule has 7 heteroatoms. The van der Waals surface area contributed by atoms with Crippen LogP contribution in [0.25, 0.3) is 0 Å². The van der Waals surface area contributed by atoms with E-state index in [1.807, 2.05) is 30.3 Å². The van der Waals surface area contributed by atoms with E-state index in [1.165, 1.54) is 6.92 Å². The summed E-state index contributed by atoms with van der Waals surface area (Å²) in [5, 5.41) is 22.8. The number of carbonyl (C=O) groups is 1. The summed E-state index contributed by atoms with van der Waals surface area (Å²) in [5.41, 5.74) is 0.829. The Kier molecular flexibility index (Phi) is 4.42. The first-order chi connectivity index (χ1) is 10.6. The second-order valence-corrected chi connectivity index (χ2v) is 5.46. The Hall–Kier alpha value is -1.51. The van der Waals surface area contributed by atoms with Crippen LogP contribution in [0.2, 0.25) is 0 Å². The zero-order valence-electron chi connectivity index (χ0n) is 12.1. The number of benzene rings is 1. The number of amides is 1. The monoisotopic (exact) mass is 309 g/mol. The zero-order chi connectivity index (χ0) is 15.7. The van der Waals surface area contributed by atoms with E-state index in [2.05, 4.69) is 5.32 Å². The molecule has 0 bridgehead atoms. The molecular formula is C15H19NO6. The van der Waals surface area contributed by atoms with E-state index < -0.39 is 36.9 Å². The number of hydrogen-bond acceptors (Lipinski definition) is 6. The predicted octanol–water partition coefficient (Wildman–Crippen LogP) is -0.317. The average Bonchev–Trinajstić information content (AvgIpc) is 2.52. The zero-order valence-corrected chi connectivity index (χ0v) is 12.1. The summed E-state index contributed by atoms with van der Waals surface area (Å²) in [4.78, 5) is 11.2. The first-order valence-electron chi connectivity index (χ1n) is 7.17. The maximum Gasteiger partial charge on any atom is 0.217 e. The van der Waals surface area contributed by atoms with E-state index in [9.17, 15) is 15.0 Å². The van der Waals surface area contributed by atoms with Crippen molar-refractivity contribution in [3.63, 3.8) is 0 Å². The van der Waals surface area contributed by atoms with Crippen LogP contribution in [0.5, 0.6) is 0 Å². The highest BCUT2D eigenvalue weighted by Gasteiger charge is 2.49. The lowest BCUT2D eigenvalue weighted by atomic mass is 9.96. The van der Waals surface area contributed by atoms with Gasteiger partial charge < -0.3 is 29.7 Å². The molecule has 0 aliphatic carbocycles. The molecule has 2 aliphatic rings. The van der Waals surface area contributed by atoms with Crippen molar-refractivity contribution in [1.29, 1.82) is 0 Å². The normalized spacial score (nSPS) is 38.1. The van der Waals surface area contributed by atoms with Crippen molar-refractivity contribution in [1.82, 2.24) is 5.32 Å². The third kappa shape index (κ3) is 2.99. The first-order valence-corrected chi connectivity index (χ1v) is 7.17. The minimum Gasteiger partial charge on any atom is -0.388 e. The molecule has 0 spiro atoms. The van der Waals surface area contributed by atoms with Crippen LogP contribution in [0, 0.1) is 0 Å². The standard InChI is InChI=1S/C15H19NO6/c1-8(17)16-11-12(18)13-10(21-14(11)19)7-20-15(22-13)9-5-3-2-4-6-9/h2-6,10-15,18-19H,7H2,1H3,(H,16,17)/t10?,11-,12+,13+,14?,15?/m0/s1. The molecule has 0 aromatic heterocycles. The Morgan fingerprint density at radius 1 is 1.23 bits per heavy atom. The Balaban J connectivity index is 1.75. The molecule has 2 heterocycles. The van der Waals surface area contributed by atoms with Gasteiger partial charge in [0.05, 0.1) is 6.61 Å². The van der Waals surface area contributed by atoms with Gasteiger partial charge in [-0.2, -0.15) is 0 Å². The molecule has 1 aromatic rings. The molecule has 3 unspecified atom stereocenters. The van der Waals surface area contributed by atoms with E-state index in [-0.39, 0.29) is 12.5 Å². The third-order valence-corrected chi connectivity index (χ3v) is 3.83. The van der Waals surface area contributed by atoms with E-state index >= 15 is 0 Å². The summed E-state index contributed by atoms with van der Waals surface area (Å²) in [7, 11) is 0. The molecule has 2 saturated heterocycles. The average molecular weight is 309 g/mol. The molecule has 2 aliphatic heterocycles. The smallest absolute Gasteiger partial charge is 0.217 e. The Morgan fingerprint density at radius 2 is 1.95 bits per heavy atom. The Morgan fingerprint density at radius 3 is 2.64 bits per heavy atom. The van der Waals surface area contributed by atoms with Crippen molar-refractivity contribution in [2.75, 3.05) is 6.61 Å². The van der Waals surface area contributed by atoms with Crippen LogP contribution in [0.1, 0.15) is 18.8 Å². The van der Waals surface area contributed by atoms with Gasteiger partial charge in [-0.05, 0) is 0 Å². The molecule has 0 saturated carbocycles. The molecule has 2 fully saturated rings. The summed E-state index contributed by atoms with van der Waals surface area (Å²) >= 11 is 0. The number of ether oxygens (including phenoxy) is 3. The minimum absolute atomic E-state index is 0.186. The number of fused-ring (bicyclic) bond motifs is 1. The SMILES string of the molecule is CC(=O)N[C@@H]1C(O)OC2COC(c3ccccc3)O[C@H]2[C@@H]1O. The fourth-order valence-electron chi connectivity index (χ4n) is 2.78. The van der Waals surface area contributed by atoms with Gasteiger partial charge in [0, 0.05) is 12.5 Å². The summed E-state index contributed by atoms with van der Waals surface area (Å²) in [6, 6.07) is 8.41. The number of rotatable bonds is 2. The molecule has 1 aromatic carbocycles. The van der Waals surface area contributed by atoms with Crippen LogP contribution in [0.15, 0.2) is 30.3 Å². The van der Waals surface area contributed by atoms with Gasteiger partial charge in [-0.25, -0.2) is 0 Å². The third-order valence-electron chi connectivity index (χ3n) is 3.83. The maximum atomic E-state index is 11.2. The summed E-state index contributed by atoms with van der Waals surface area (Å²) in [5.74, 6) is -0.364. The van der Waals surface area contributed by atoms with Crippen molar-refractivity contribution in [3.05, 3.63) is 35.9 Å². The summed E-state index contributed by atoms with van der Waals surface area (Å²) in [6.07, 6.45) is -4.29. The second kappa shape index (κ2) is 6.31. The van der Waals surface area contributed by atoms with Gasteiger partial charge in [-0.3, -0.25) is 4.79 Å². The van der Waals surface area contributed by atoms with Gasteiger partial charge in [0.15, 0.2) is 12.6 Å². The van der Waals surface area contributed by atoms with Gasteiger partial charge in [0.25, 0.3) is 0 Å². The van der Waals surface area contributed by atoms with Crippen molar-refractivity contribution in [3.8, 4) is 0 Å². The molecule has 22 heavy (non-hydrogen) atoms. The molecule has 6 atom stereocenters. The van der Waals surface area contributed by atoms with Gasteiger partial charge in [0.1, 0.15) is 24.4 Å². The highest BCUT2D eigenvalue weighted by Crippen LogP contribution is 2.33. The summed E-state index contributed by atoms with van der Waals surface area (Å²) < 4.78 is 16.8. The van der Waals surface area contributed by atoms with Gasteiger partial charge in [-0.15, -0.1) is 0 Å². The fourth-order valence-corrected chi connectivity index (χ4v) is 2.78. The highest BCUT2D eigenvalue weighted by atomic mass is 16.7. The lowest BCUT2D eigenvalue weighted by Crippen LogP contribution is -2.66. The van der Waals surface area contributed by atoms with Crippen LogP contribution in [-0.4, -0.2) is 53.4 Å². The van der Waals surface area contributed by atoms with Gasteiger partial charge >= 0.3 is 0 Å². The number of aliphatic hydroxyl groups is 2. The highest BCUT2D eigenvalue weighted by molar-refractivity contribution is 5.73. The topological polar surface area (TPSA) is 97.3 Å². The van der Waals surface area contributed by atoms with E-state index in [4.69, 9.17) is 14.2 Å². The molecule has 3 rings (SSSR count). The number of hydrogen-bond donors (Lipinski definition) is 3. The fraction of sp³-hybridized carbons (Fsp3) is 0.533. The first kappa shape index (κ1) is 15.4. The largest absolute Gasteiger partial charge is 0.388 e. The lowest BCUT2D eigenvalue weighted by molar-refractivity contribution is -0.337. The van der Waals surface area contributed by atoms with E-state index in [1.54, 1.807) is 0 Å². The summed E-state index contributed by atoms with van der Waals surface area (Å²) in [6.45, 7) is 1.49. The van der Waals surface area contributed by atoms with Gasteiger partial charge in [0.2, 0.25) is 5.91 Å². The van der Waals surface area contributed by atoms with Gasteiger partial charge in [-0.1, -0.05) is 30.3 Å². The molecule has 1 amide bonds. The molecule has 7 nitrogen and oxygen atoms in total. The molecule has 120 valence electrons. The molecule has 3 N–H and O–H groups in total. The van der Waals surface area contributed by atoms with Crippen molar-refractivity contribution < 1.29 is 29.2 Å². The van der Waals surface area contributed by atoms with Crippen molar-refractivity contribution in [2.45, 2.75) is 43.9 Å². The van der Waals surface area contributed by atoms with E-state index in [0.717, 1.165) is 5.56 Å². The quantitative estimate of drug-likeness (QED) is 0.693. The van der Waals surface area contributed by atoms with Crippen molar-refractivity contribution in [2.24, 2.45) is 0 Å². The maximum absolute atomic E-state index is 11.2. The van der Waals surface area contributed by atoms with Crippen LogP contribution >= 0.6 is 0 Å². The van der Waals surface area contributed by atoms with Crippen LogP contribution in [0.3, 0.4) is 0 Å².